The van der Waals surface area contributed by atoms with Crippen molar-refractivity contribution < 1.29 is 8.78 Å². The number of fused-ring (bicyclic) bond motifs is 1. The molecule has 8 nitrogen and oxygen atoms in total. The Morgan fingerprint density at radius 2 is 1.52 bits per heavy atom. The van der Waals surface area contributed by atoms with Gasteiger partial charge < -0.3 is 15.5 Å². The first-order valence-electron chi connectivity index (χ1n) is 14.1. The smallest absolute Gasteiger partial charge is 0.165 e. The second-order valence-corrected chi connectivity index (χ2v) is 9.66. The molecule has 0 bridgehead atoms. The Labute approximate surface area is 235 Å². The Balaban J connectivity index is 0.000000886. The number of imidazole rings is 1. The predicted octanol–water partition coefficient (Wildman–Crippen LogP) is 5.14. The molecule has 0 aliphatic carbocycles. The number of hydrogen-bond donors (Lipinski definition) is 1. The van der Waals surface area contributed by atoms with Crippen LogP contribution in [0.15, 0.2) is 42.6 Å². The summed E-state index contributed by atoms with van der Waals surface area (Å²) in [5.74, 6) is -0.184. The molecule has 4 aromatic rings. The summed E-state index contributed by atoms with van der Waals surface area (Å²) in [5, 5.41) is 0. The number of piperazine rings is 1. The standard InChI is InChI=1S/C26H28F2N8.2C2H6/c1-16-31-23-4-3-22(17-5-6-30-24(29)11-17)32-26(23)36(16)18-12-20(27)25(21(28)13-18)35-9-7-34(8-10-35)19-14-33(2)15-19;2*1-2/h3-6,11-13,19H,7-10,14-15H2,1-2H3,(H2,29,30);2*1-2H3. The number of aryl methyl sites for hydroxylation is 1. The summed E-state index contributed by atoms with van der Waals surface area (Å²) in [6.07, 6.45) is 1.62. The fourth-order valence-electron chi connectivity index (χ4n) is 5.34. The number of nitrogen functional groups attached to an aromatic ring is 1. The lowest BCUT2D eigenvalue weighted by Gasteiger charge is -2.47. The lowest BCUT2D eigenvalue weighted by atomic mass is 10.1. The maximum Gasteiger partial charge on any atom is 0.165 e. The zero-order chi connectivity index (χ0) is 29.0. The number of anilines is 2. The third-order valence-electron chi connectivity index (χ3n) is 7.20. The minimum absolute atomic E-state index is 0.0344. The molecule has 2 aliphatic heterocycles. The van der Waals surface area contributed by atoms with E-state index in [0.717, 1.165) is 31.7 Å². The molecular formula is C30H40F2N8. The van der Waals surface area contributed by atoms with Gasteiger partial charge in [-0.2, -0.15) is 0 Å². The zero-order valence-corrected chi connectivity index (χ0v) is 24.3. The third-order valence-corrected chi connectivity index (χ3v) is 7.20. The van der Waals surface area contributed by atoms with E-state index in [2.05, 4.69) is 26.8 Å². The van der Waals surface area contributed by atoms with Gasteiger partial charge >= 0.3 is 0 Å². The van der Waals surface area contributed by atoms with E-state index in [-0.39, 0.29) is 5.69 Å². The molecule has 6 rings (SSSR count). The first-order valence-corrected chi connectivity index (χ1v) is 14.1. The molecule has 3 aromatic heterocycles. The van der Waals surface area contributed by atoms with Gasteiger partial charge in [-0.25, -0.2) is 23.7 Å². The molecule has 5 heterocycles. The van der Waals surface area contributed by atoms with Gasteiger partial charge in [0.05, 0.1) is 11.4 Å². The van der Waals surface area contributed by atoms with Gasteiger partial charge in [0.2, 0.25) is 0 Å². The Bertz CT molecular complexity index is 1420. The van der Waals surface area contributed by atoms with Crippen LogP contribution in [-0.4, -0.2) is 81.7 Å². The second kappa shape index (κ2) is 12.7. The molecule has 2 saturated heterocycles. The van der Waals surface area contributed by atoms with Gasteiger partial charge in [-0.1, -0.05) is 27.7 Å². The second-order valence-electron chi connectivity index (χ2n) is 9.66. The normalized spacial score (nSPS) is 16.1. The van der Waals surface area contributed by atoms with E-state index in [0.29, 0.717) is 53.3 Å². The molecule has 0 unspecified atom stereocenters. The molecule has 1 aromatic carbocycles. The van der Waals surface area contributed by atoms with Gasteiger partial charge in [-0.05, 0) is 38.2 Å². The van der Waals surface area contributed by atoms with E-state index >= 15 is 8.78 Å². The molecule has 0 radical (unpaired) electrons. The van der Waals surface area contributed by atoms with E-state index in [9.17, 15) is 0 Å². The Morgan fingerprint density at radius 1 is 0.875 bits per heavy atom. The molecule has 0 atom stereocenters. The summed E-state index contributed by atoms with van der Waals surface area (Å²) >= 11 is 0. The first-order chi connectivity index (χ1) is 19.4. The summed E-state index contributed by atoms with van der Waals surface area (Å²) < 4.78 is 32.5. The number of hydrogen-bond acceptors (Lipinski definition) is 7. The topological polar surface area (TPSA) is 79.3 Å². The van der Waals surface area contributed by atoms with Gasteiger partial charge in [0.1, 0.15) is 22.8 Å². The minimum atomic E-state index is -0.582. The van der Waals surface area contributed by atoms with Crippen molar-refractivity contribution in [2.75, 3.05) is 56.9 Å². The van der Waals surface area contributed by atoms with E-state index in [1.807, 2.05) is 50.8 Å². The first kappa shape index (κ1) is 29.4. The van der Waals surface area contributed by atoms with Crippen LogP contribution in [0.1, 0.15) is 33.5 Å². The van der Waals surface area contributed by atoms with Crippen molar-refractivity contribution in [2.24, 2.45) is 0 Å². The highest BCUT2D eigenvalue weighted by Gasteiger charge is 2.32. The number of nitrogens with zero attached hydrogens (tertiary/aromatic N) is 7. The summed E-state index contributed by atoms with van der Waals surface area (Å²) in [6, 6.07) is 10.5. The lowest BCUT2D eigenvalue weighted by Crippen LogP contribution is -2.62. The largest absolute Gasteiger partial charge is 0.384 e. The fourth-order valence-corrected chi connectivity index (χ4v) is 5.34. The average Bonchev–Trinajstić information content (AvgIpc) is 3.28. The number of halogens is 2. The van der Waals surface area contributed by atoms with Crippen LogP contribution in [0.25, 0.3) is 28.1 Å². The Hall–Kier alpha value is -3.63. The van der Waals surface area contributed by atoms with E-state index < -0.39 is 11.6 Å². The molecular weight excluding hydrogens is 510 g/mol. The molecule has 10 heteroatoms. The van der Waals surface area contributed by atoms with Crippen molar-refractivity contribution in [1.82, 2.24) is 29.3 Å². The molecule has 40 heavy (non-hydrogen) atoms. The maximum absolute atomic E-state index is 15.4. The minimum Gasteiger partial charge on any atom is -0.384 e. The van der Waals surface area contributed by atoms with Gasteiger partial charge in [0, 0.05) is 69.2 Å². The summed E-state index contributed by atoms with van der Waals surface area (Å²) in [6.45, 7) is 14.7. The molecule has 2 aliphatic rings. The molecule has 214 valence electrons. The van der Waals surface area contributed by atoms with Crippen LogP contribution in [0.2, 0.25) is 0 Å². The number of likely N-dealkylation sites (N-methyl/N-ethyl adjacent to an activating group) is 1. The van der Waals surface area contributed by atoms with Crippen LogP contribution in [0.4, 0.5) is 20.3 Å². The third kappa shape index (κ3) is 5.78. The van der Waals surface area contributed by atoms with Crippen LogP contribution in [0.3, 0.4) is 0 Å². The number of rotatable bonds is 4. The van der Waals surface area contributed by atoms with Crippen LogP contribution in [-0.2, 0) is 0 Å². The van der Waals surface area contributed by atoms with E-state index in [1.165, 1.54) is 12.1 Å². The van der Waals surface area contributed by atoms with Crippen molar-refractivity contribution in [3.8, 4) is 16.9 Å². The maximum atomic E-state index is 15.4. The zero-order valence-electron chi connectivity index (χ0n) is 24.3. The summed E-state index contributed by atoms with van der Waals surface area (Å²) in [7, 11) is 2.11. The number of pyridine rings is 2. The molecule has 0 spiro atoms. The number of benzene rings is 1. The Kier molecular flexibility index (Phi) is 9.32. The number of aromatic nitrogens is 4. The summed E-state index contributed by atoms with van der Waals surface area (Å²) in [5.41, 5.74) is 8.85. The predicted molar refractivity (Wildman–Crippen MR) is 159 cm³/mol. The lowest BCUT2D eigenvalue weighted by molar-refractivity contribution is 0.0486. The van der Waals surface area contributed by atoms with Gasteiger partial charge in [-0.3, -0.25) is 9.47 Å². The van der Waals surface area contributed by atoms with Crippen LogP contribution in [0, 0.1) is 18.6 Å². The molecule has 2 fully saturated rings. The molecule has 0 saturated carbocycles. The highest BCUT2D eigenvalue weighted by molar-refractivity contribution is 5.78. The van der Waals surface area contributed by atoms with Gasteiger partial charge in [0.15, 0.2) is 17.3 Å². The van der Waals surface area contributed by atoms with Crippen molar-refractivity contribution in [3.63, 3.8) is 0 Å². The SMILES string of the molecule is CC.CC.Cc1nc2ccc(-c3ccnc(N)c3)nc2n1-c1cc(F)c(N2CCN(C3CN(C)C3)CC2)c(F)c1. The molecule has 0 amide bonds. The summed E-state index contributed by atoms with van der Waals surface area (Å²) in [4.78, 5) is 19.8. The van der Waals surface area contributed by atoms with Crippen molar-refractivity contribution in [3.05, 3.63) is 60.1 Å². The van der Waals surface area contributed by atoms with Crippen molar-refractivity contribution in [1.29, 1.82) is 0 Å². The quantitative estimate of drug-likeness (QED) is 0.377. The molecule has 2 N–H and O–H groups in total. The van der Waals surface area contributed by atoms with Crippen molar-refractivity contribution >= 4 is 22.7 Å². The van der Waals surface area contributed by atoms with Crippen LogP contribution >= 0.6 is 0 Å². The van der Waals surface area contributed by atoms with Crippen LogP contribution in [0.5, 0.6) is 0 Å². The highest BCUT2D eigenvalue weighted by Crippen LogP contribution is 2.31. The van der Waals surface area contributed by atoms with E-state index in [4.69, 9.17) is 10.7 Å². The van der Waals surface area contributed by atoms with E-state index in [1.54, 1.807) is 23.8 Å². The number of likely N-dealkylation sites (tertiary alicyclic amines) is 1. The van der Waals surface area contributed by atoms with Crippen molar-refractivity contribution in [2.45, 2.75) is 40.7 Å². The Morgan fingerprint density at radius 3 is 2.12 bits per heavy atom. The van der Waals surface area contributed by atoms with Crippen LogP contribution < -0.4 is 10.6 Å². The van der Waals surface area contributed by atoms with Gasteiger partial charge in [0.25, 0.3) is 0 Å². The number of nitrogens with two attached hydrogens (primary N) is 1. The fraction of sp³-hybridized carbons (Fsp3) is 0.433. The monoisotopic (exact) mass is 550 g/mol. The average molecular weight is 551 g/mol. The van der Waals surface area contributed by atoms with Gasteiger partial charge in [-0.15, -0.1) is 0 Å². The highest BCUT2D eigenvalue weighted by atomic mass is 19.1.